The first-order chi connectivity index (χ1) is 10.5. The molecule has 1 aliphatic rings. The lowest BCUT2D eigenvalue weighted by atomic mass is 10.1. The van der Waals surface area contributed by atoms with E-state index in [4.69, 9.17) is 0 Å². The fourth-order valence-electron chi connectivity index (χ4n) is 1.98. The summed E-state index contributed by atoms with van der Waals surface area (Å²) in [5.41, 5.74) is 2.87. The number of aryl methyl sites for hydroxylation is 2. The Morgan fingerprint density at radius 1 is 1.27 bits per heavy atom. The van der Waals surface area contributed by atoms with E-state index in [-0.39, 0.29) is 22.8 Å². The van der Waals surface area contributed by atoms with Crippen molar-refractivity contribution < 1.29 is 19.1 Å². The van der Waals surface area contributed by atoms with Crippen molar-refractivity contribution in [2.75, 3.05) is 12.9 Å². The van der Waals surface area contributed by atoms with Gasteiger partial charge in [-0.25, -0.2) is 9.59 Å². The summed E-state index contributed by atoms with van der Waals surface area (Å²) in [5, 5.41) is 3.00. The number of thioether (sulfide) groups is 1. The van der Waals surface area contributed by atoms with Gasteiger partial charge in [0.25, 0.3) is 5.91 Å². The highest BCUT2D eigenvalue weighted by molar-refractivity contribution is 8.03. The van der Waals surface area contributed by atoms with Crippen LogP contribution in [0.5, 0.6) is 0 Å². The Kier molecular flexibility index (Phi) is 4.85. The Morgan fingerprint density at radius 2 is 2.00 bits per heavy atom. The molecule has 0 saturated heterocycles. The number of methoxy groups -OCH3 is 1. The molecule has 0 saturated carbocycles. The third-order valence-electron chi connectivity index (χ3n) is 3.40. The van der Waals surface area contributed by atoms with Crippen molar-refractivity contribution in [3.63, 3.8) is 0 Å². The van der Waals surface area contributed by atoms with Crippen LogP contribution in [0.4, 0.5) is 0 Å². The fourth-order valence-corrected chi connectivity index (χ4v) is 2.99. The number of esters is 1. The van der Waals surface area contributed by atoms with Crippen LogP contribution in [-0.4, -0.2) is 30.7 Å². The number of amides is 1. The number of hydrogen-bond acceptors (Lipinski definition) is 5. The second-order valence-corrected chi connectivity index (χ2v) is 5.80. The summed E-state index contributed by atoms with van der Waals surface area (Å²) in [4.78, 5) is 35.0. The Morgan fingerprint density at radius 3 is 2.59 bits per heavy atom. The van der Waals surface area contributed by atoms with Crippen molar-refractivity contribution in [2.45, 2.75) is 13.8 Å². The molecule has 1 heterocycles. The van der Waals surface area contributed by atoms with Gasteiger partial charge in [0.15, 0.2) is 0 Å². The second-order valence-electron chi connectivity index (χ2n) is 4.82. The molecule has 1 aromatic carbocycles. The highest BCUT2D eigenvalue weighted by Crippen LogP contribution is 2.33. The molecule has 1 aliphatic heterocycles. The van der Waals surface area contributed by atoms with Crippen LogP contribution in [0.25, 0.3) is 0 Å². The first-order valence-electron chi connectivity index (χ1n) is 6.56. The number of rotatable bonds is 3. The number of carbonyl (C=O) groups is 2. The van der Waals surface area contributed by atoms with E-state index in [0.29, 0.717) is 10.6 Å². The predicted octanol–water partition coefficient (Wildman–Crippen LogP) is 1.92. The Balaban J connectivity index is 2.31. The van der Waals surface area contributed by atoms with E-state index in [1.54, 1.807) is 18.1 Å². The summed E-state index contributed by atoms with van der Waals surface area (Å²) in [6.45, 7) is 3.88. The van der Waals surface area contributed by atoms with Crippen molar-refractivity contribution in [2.24, 2.45) is 0 Å². The van der Waals surface area contributed by atoms with Crippen LogP contribution in [0.3, 0.4) is 0 Å². The third kappa shape index (κ3) is 3.13. The standard InChI is InChI=1S/C16H15NO4S/c1-9-4-5-11(6-10(9)2)14(19)17-15-13(16(20)21-3)12(7-18)8-22-15/h4-6H,8H2,1-3H3,(H,17,19). The summed E-state index contributed by atoms with van der Waals surface area (Å²) in [6.07, 6.45) is 0. The van der Waals surface area contributed by atoms with E-state index < -0.39 is 5.97 Å². The van der Waals surface area contributed by atoms with Crippen molar-refractivity contribution in [1.29, 1.82) is 0 Å². The number of carbonyl (C=O) groups excluding carboxylic acids is 3. The molecular formula is C16H15NO4S. The zero-order chi connectivity index (χ0) is 16.3. The lowest BCUT2D eigenvalue weighted by Gasteiger charge is -2.09. The summed E-state index contributed by atoms with van der Waals surface area (Å²) >= 11 is 1.20. The maximum Gasteiger partial charge on any atom is 0.341 e. The quantitative estimate of drug-likeness (QED) is 0.681. The topological polar surface area (TPSA) is 72.5 Å². The Labute approximate surface area is 132 Å². The van der Waals surface area contributed by atoms with Crippen LogP contribution in [-0.2, 0) is 14.3 Å². The van der Waals surface area contributed by atoms with Gasteiger partial charge in [-0.1, -0.05) is 6.07 Å². The van der Waals surface area contributed by atoms with Gasteiger partial charge in [-0.2, -0.15) is 0 Å². The van der Waals surface area contributed by atoms with Gasteiger partial charge in [-0.05, 0) is 37.1 Å². The maximum absolute atomic E-state index is 12.3. The molecule has 0 fully saturated rings. The summed E-state index contributed by atoms with van der Waals surface area (Å²) < 4.78 is 4.66. The molecule has 0 atom stereocenters. The molecule has 0 aromatic heterocycles. The molecule has 1 aromatic rings. The van der Waals surface area contributed by atoms with E-state index in [0.717, 1.165) is 11.1 Å². The summed E-state index contributed by atoms with van der Waals surface area (Å²) in [5.74, 6) is 1.02. The molecule has 2 rings (SSSR count). The fraction of sp³-hybridized carbons (Fsp3) is 0.250. The van der Waals surface area contributed by atoms with Gasteiger partial charge in [0.05, 0.1) is 17.7 Å². The Hall–Kier alpha value is -2.30. The number of hydrogen-bond donors (Lipinski definition) is 1. The first kappa shape index (κ1) is 16.1. The average Bonchev–Trinajstić information content (AvgIpc) is 2.91. The Bertz CT molecular complexity index is 730. The lowest BCUT2D eigenvalue weighted by molar-refractivity contribution is -0.135. The van der Waals surface area contributed by atoms with Crippen molar-refractivity contribution in [3.05, 3.63) is 51.1 Å². The van der Waals surface area contributed by atoms with Crippen molar-refractivity contribution >= 4 is 29.6 Å². The molecule has 0 radical (unpaired) electrons. The van der Waals surface area contributed by atoms with Crippen LogP contribution in [0.15, 0.2) is 34.4 Å². The zero-order valence-corrected chi connectivity index (χ0v) is 13.3. The first-order valence-corrected chi connectivity index (χ1v) is 7.54. The molecule has 114 valence electrons. The molecule has 0 spiro atoms. The van der Waals surface area contributed by atoms with Crippen LogP contribution in [0.1, 0.15) is 21.5 Å². The SMILES string of the molecule is COC(=O)C1=C(NC(=O)c2ccc(C)c(C)c2)SCC1=C=O. The predicted molar refractivity (Wildman–Crippen MR) is 84.1 cm³/mol. The van der Waals surface area contributed by atoms with Crippen LogP contribution in [0, 0.1) is 13.8 Å². The number of benzene rings is 1. The zero-order valence-electron chi connectivity index (χ0n) is 12.5. The van der Waals surface area contributed by atoms with Gasteiger partial charge < -0.3 is 10.1 Å². The van der Waals surface area contributed by atoms with Crippen LogP contribution in [0.2, 0.25) is 0 Å². The van der Waals surface area contributed by atoms with Crippen molar-refractivity contribution in [1.82, 2.24) is 5.32 Å². The smallest absolute Gasteiger partial charge is 0.341 e. The second kappa shape index (κ2) is 6.64. The van der Waals surface area contributed by atoms with E-state index in [1.807, 2.05) is 19.9 Å². The van der Waals surface area contributed by atoms with E-state index >= 15 is 0 Å². The van der Waals surface area contributed by atoms with E-state index in [1.165, 1.54) is 18.9 Å². The van der Waals surface area contributed by atoms with Gasteiger partial charge in [-0.15, -0.1) is 11.8 Å². The number of nitrogens with one attached hydrogen (secondary N) is 1. The molecular weight excluding hydrogens is 302 g/mol. The highest BCUT2D eigenvalue weighted by Gasteiger charge is 2.29. The molecule has 1 amide bonds. The highest BCUT2D eigenvalue weighted by atomic mass is 32.2. The molecule has 0 aliphatic carbocycles. The monoisotopic (exact) mass is 317 g/mol. The lowest BCUT2D eigenvalue weighted by Crippen LogP contribution is -2.23. The van der Waals surface area contributed by atoms with E-state index in [9.17, 15) is 14.4 Å². The minimum absolute atomic E-state index is 0.0830. The van der Waals surface area contributed by atoms with Crippen LogP contribution >= 0.6 is 11.8 Å². The van der Waals surface area contributed by atoms with Gasteiger partial charge in [-0.3, -0.25) is 4.79 Å². The normalized spacial score (nSPS) is 13.9. The summed E-state index contributed by atoms with van der Waals surface area (Å²) in [7, 11) is 1.23. The third-order valence-corrected chi connectivity index (χ3v) is 4.43. The van der Waals surface area contributed by atoms with Crippen LogP contribution < -0.4 is 5.32 Å². The van der Waals surface area contributed by atoms with Gasteiger partial charge >= 0.3 is 5.97 Å². The van der Waals surface area contributed by atoms with Gasteiger partial charge in [0.1, 0.15) is 11.5 Å². The minimum atomic E-state index is -0.654. The maximum atomic E-state index is 12.3. The molecule has 22 heavy (non-hydrogen) atoms. The van der Waals surface area contributed by atoms with E-state index in [2.05, 4.69) is 10.1 Å². The summed E-state index contributed by atoms with van der Waals surface area (Å²) in [6, 6.07) is 5.35. The largest absolute Gasteiger partial charge is 0.465 e. The molecule has 0 unspecified atom stereocenters. The number of ether oxygens (including phenoxy) is 1. The molecule has 1 N–H and O–H groups in total. The van der Waals surface area contributed by atoms with Crippen molar-refractivity contribution in [3.8, 4) is 0 Å². The van der Waals surface area contributed by atoms with Gasteiger partial charge in [0, 0.05) is 11.3 Å². The molecule has 6 heteroatoms. The minimum Gasteiger partial charge on any atom is -0.465 e. The molecule has 5 nitrogen and oxygen atoms in total. The average molecular weight is 317 g/mol. The molecule has 0 bridgehead atoms. The van der Waals surface area contributed by atoms with Gasteiger partial charge in [0.2, 0.25) is 0 Å².